The zero-order valence-corrected chi connectivity index (χ0v) is 12.9. The monoisotopic (exact) mass is 301 g/mol. The van der Waals surface area contributed by atoms with Gasteiger partial charge in [-0.1, -0.05) is 0 Å². The van der Waals surface area contributed by atoms with Gasteiger partial charge in [-0.05, 0) is 39.0 Å². The van der Waals surface area contributed by atoms with Gasteiger partial charge in [0.1, 0.15) is 0 Å². The van der Waals surface area contributed by atoms with Gasteiger partial charge >= 0.3 is 10.2 Å². The standard InChI is InChI=1S/C12H19N3O2S2/c1-12(2,3)14-19(16,17)15-6-7-18-11-5-4-9(13)8-10(11)15/h4-5,8,14H,6-7,13H2,1-3H3. The van der Waals surface area contributed by atoms with Crippen LogP contribution in [0.1, 0.15) is 20.8 Å². The second-order valence-electron chi connectivity index (χ2n) is 5.50. The zero-order valence-electron chi connectivity index (χ0n) is 11.3. The largest absolute Gasteiger partial charge is 0.399 e. The Labute approximate surface area is 118 Å². The molecule has 2 rings (SSSR count). The van der Waals surface area contributed by atoms with Crippen LogP contribution in [0.3, 0.4) is 0 Å². The van der Waals surface area contributed by atoms with Crippen LogP contribution in [0.15, 0.2) is 23.1 Å². The molecule has 1 aromatic rings. The predicted molar refractivity (Wildman–Crippen MR) is 80.7 cm³/mol. The number of nitrogens with one attached hydrogen (secondary N) is 1. The molecule has 0 atom stereocenters. The Morgan fingerprint density at radius 1 is 1.37 bits per heavy atom. The van der Waals surface area contributed by atoms with E-state index in [0.29, 0.717) is 17.9 Å². The minimum atomic E-state index is -3.56. The lowest BCUT2D eigenvalue weighted by atomic mass is 10.1. The minimum Gasteiger partial charge on any atom is -0.399 e. The first kappa shape index (κ1) is 14.5. The van der Waals surface area contributed by atoms with E-state index in [9.17, 15) is 8.42 Å². The summed E-state index contributed by atoms with van der Waals surface area (Å²) in [5.41, 5.74) is 6.48. The molecule has 0 radical (unpaired) electrons. The van der Waals surface area contributed by atoms with Crippen LogP contribution in [-0.4, -0.2) is 26.3 Å². The third-order valence-corrected chi connectivity index (χ3v) is 5.40. The highest BCUT2D eigenvalue weighted by atomic mass is 32.2. The van der Waals surface area contributed by atoms with Crippen molar-refractivity contribution < 1.29 is 8.42 Å². The van der Waals surface area contributed by atoms with Crippen LogP contribution in [0.5, 0.6) is 0 Å². The van der Waals surface area contributed by atoms with Crippen LogP contribution in [0.25, 0.3) is 0 Å². The highest BCUT2D eigenvalue weighted by Gasteiger charge is 2.30. The van der Waals surface area contributed by atoms with E-state index in [2.05, 4.69) is 4.72 Å². The van der Waals surface area contributed by atoms with Crippen molar-refractivity contribution in [3.05, 3.63) is 18.2 Å². The Hall–Kier alpha value is -0.920. The summed E-state index contributed by atoms with van der Waals surface area (Å²) in [5, 5.41) is 0. The first-order valence-corrected chi connectivity index (χ1v) is 8.46. The molecule has 1 aromatic carbocycles. The number of anilines is 2. The van der Waals surface area contributed by atoms with Crippen molar-refractivity contribution in [1.82, 2.24) is 4.72 Å². The van der Waals surface area contributed by atoms with Crippen LogP contribution < -0.4 is 14.8 Å². The lowest BCUT2D eigenvalue weighted by Crippen LogP contribution is -2.50. The number of hydrogen-bond acceptors (Lipinski definition) is 4. The molecule has 7 heteroatoms. The number of benzene rings is 1. The summed E-state index contributed by atoms with van der Waals surface area (Å²) in [7, 11) is -3.56. The number of nitrogens with zero attached hydrogens (tertiary/aromatic N) is 1. The van der Waals surface area contributed by atoms with Crippen LogP contribution in [0, 0.1) is 0 Å². The fourth-order valence-corrected chi connectivity index (χ4v) is 4.68. The molecule has 0 fully saturated rings. The van der Waals surface area contributed by atoms with Gasteiger partial charge in [-0.15, -0.1) is 11.8 Å². The highest BCUT2D eigenvalue weighted by molar-refractivity contribution is 7.99. The summed E-state index contributed by atoms with van der Waals surface area (Å²) >= 11 is 1.65. The molecule has 0 spiro atoms. The third kappa shape index (κ3) is 3.34. The molecule has 0 unspecified atom stereocenters. The van der Waals surface area contributed by atoms with E-state index in [1.165, 1.54) is 4.31 Å². The third-order valence-electron chi connectivity index (χ3n) is 2.53. The zero-order chi connectivity index (χ0) is 14.3. The molecule has 0 saturated heterocycles. The molecule has 1 aliphatic rings. The molecule has 3 N–H and O–H groups in total. The molecule has 0 saturated carbocycles. The number of hydrogen-bond donors (Lipinski definition) is 2. The number of rotatable bonds is 2. The normalized spacial score (nSPS) is 16.3. The molecule has 5 nitrogen and oxygen atoms in total. The van der Waals surface area contributed by atoms with E-state index >= 15 is 0 Å². The van der Waals surface area contributed by atoms with Gasteiger partial charge < -0.3 is 5.73 Å². The molecule has 0 aliphatic carbocycles. The Morgan fingerprint density at radius 2 is 2.05 bits per heavy atom. The fourth-order valence-electron chi connectivity index (χ4n) is 1.90. The van der Waals surface area contributed by atoms with E-state index in [4.69, 9.17) is 5.73 Å². The van der Waals surface area contributed by atoms with Crippen molar-refractivity contribution in [2.45, 2.75) is 31.2 Å². The number of fused-ring (bicyclic) bond motifs is 1. The molecule has 1 heterocycles. The maximum Gasteiger partial charge on any atom is 0.302 e. The predicted octanol–water partition coefficient (Wildman–Crippen LogP) is 1.81. The van der Waals surface area contributed by atoms with Gasteiger partial charge in [0.25, 0.3) is 0 Å². The fraction of sp³-hybridized carbons (Fsp3) is 0.500. The number of nitrogen functional groups attached to an aromatic ring is 1. The minimum absolute atomic E-state index is 0.451. The summed E-state index contributed by atoms with van der Waals surface area (Å²) in [5.74, 6) is 0.738. The Bertz CT molecular complexity index is 579. The van der Waals surface area contributed by atoms with Crippen molar-refractivity contribution in [2.24, 2.45) is 0 Å². The lowest BCUT2D eigenvalue weighted by molar-refractivity contribution is 0.489. The van der Waals surface area contributed by atoms with Crippen molar-refractivity contribution in [3.8, 4) is 0 Å². The Kier molecular flexibility index (Phi) is 3.72. The van der Waals surface area contributed by atoms with E-state index in [-0.39, 0.29) is 0 Å². The molecular weight excluding hydrogens is 282 g/mol. The van der Waals surface area contributed by atoms with Gasteiger partial charge in [-0.25, -0.2) is 0 Å². The van der Waals surface area contributed by atoms with Crippen LogP contribution in [0.2, 0.25) is 0 Å². The van der Waals surface area contributed by atoms with Crippen LogP contribution >= 0.6 is 11.8 Å². The van der Waals surface area contributed by atoms with Crippen molar-refractivity contribution in [2.75, 3.05) is 22.3 Å². The van der Waals surface area contributed by atoms with Gasteiger partial charge in [0, 0.05) is 28.4 Å². The topological polar surface area (TPSA) is 75.4 Å². The maximum atomic E-state index is 12.4. The van der Waals surface area contributed by atoms with Crippen molar-refractivity contribution in [1.29, 1.82) is 0 Å². The Balaban J connectivity index is 2.41. The molecular formula is C12H19N3O2S2. The van der Waals surface area contributed by atoms with Crippen LogP contribution in [0.4, 0.5) is 11.4 Å². The first-order valence-electron chi connectivity index (χ1n) is 6.03. The van der Waals surface area contributed by atoms with Crippen molar-refractivity contribution >= 4 is 33.3 Å². The molecule has 0 bridgehead atoms. The second-order valence-corrected chi connectivity index (χ2v) is 8.24. The average molecular weight is 301 g/mol. The molecule has 0 amide bonds. The van der Waals surface area contributed by atoms with Gasteiger partial charge in [0.15, 0.2) is 0 Å². The molecule has 0 aromatic heterocycles. The number of thioether (sulfide) groups is 1. The average Bonchev–Trinajstić information content (AvgIpc) is 2.24. The molecule has 106 valence electrons. The summed E-state index contributed by atoms with van der Waals surface area (Å²) in [4.78, 5) is 0.944. The van der Waals surface area contributed by atoms with E-state index < -0.39 is 15.7 Å². The maximum absolute atomic E-state index is 12.4. The smallest absolute Gasteiger partial charge is 0.302 e. The van der Waals surface area contributed by atoms with Gasteiger partial charge in [0.05, 0.1) is 5.69 Å². The highest BCUT2D eigenvalue weighted by Crippen LogP contribution is 2.37. The van der Waals surface area contributed by atoms with E-state index in [1.807, 2.05) is 26.8 Å². The van der Waals surface area contributed by atoms with Crippen LogP contribution in [-0.2, 0) is 10.2 Å². The first-order chi connectivity index (χ1) is 8.69. The van der Waals surface area contributed by atoms with Crippen molar-refractivity contribution in [3.63, 3.8) is 0 Å². The Morgan fingerprint density at radius 3 is 2.68 bits per heavy atom. The van der Waals surface area contributed by atoms with Gasteiger partial charge in [-0.2, -0.15) is 13.1 Å². The van der Waals surface area contributed by atoms with E-state index in [0.717, 1.165) is 10.6 Å². The lowest BCUT2D eigenvalue weighted by Gasteiger charge is -2.33. The second kappa shape index (κ2) is 4.88. The molecule has 1 aliphatic heterocycles. The summed E-state index contributed by atoms with van der Waals surface area (Å²) in [6.45, 7) is 5.92. The summed E-state index contributed by atoms with van der Waals surface area (Å²) in [6, 6.07) is 5.37. The van der Waals surface area contributed by atoms with E-state index in [1.54, 1.807) is 23.9 Å². The van der Waals surface area contributed by atoms with Gasteiger partial charge in [-0.3, -0.25) is 4.31 Å². The van der Waals surface area contributed by atoms with Gasteiger partial charge in [0.2, 0.25) is 0 Å². The summed E-state index contributed by atoms with van der Waals surface area (Å²) < 4.78 is 29.0. The summed E-state index contributed by atoms with van der Waals surface area (Å²) in [6.07, 6.45) is 0. The molecule has 19 heavy (non-hydrogen) atoms. The number of nitrogens with two attached hydrogens (primary N) is 1. The SMILES string of the molecule is CC(C)(C)NS(=O)(=O)N1CCSc2ccc(N)cc21. The quantitative estimate of drug-likeness (QED) is 0.817.